The fourth-order valence-corrected chi connectivity index (χ4v) is 3.17. The highest BCUT2D eigenvalue weighted by Crippen LogP contribution is 2.24. The fraction of sp³-hybridized carbons (Fsp3) is 0.462. The molecule has 0 fully saturated rings. The summed E-state index contributed by atoms with van der Waals surface area (Å²) in [5.74, 6) is -0.219. The van der Waals surface area contributed by atoms with Crippen LogP contribution < -0.4 is 0 Å². The predicted octanol–water partition coefficient (Wildman–Crippen LogP) is 2.11. The summed E-state index contributed by atoms with van der Waals surface area (Å²) in [5.41, 5.74) is 0.310. The van der Waals surface area contributed by atoms with E-state index in [4.69, 9.17) is 4.84 Å². The zero-order chi connectivity index (χ0) is 16.2. The van der Waals surface area contributed by atoms with Crippen molar-refractivity contribution in [3.8, 4) is 0 Å². The fourth-order valence-electron chi connectivity index (χ4n) is 1.76. The predicted molar refractivity (Wildman–Crippen MR) is 83.4 cm³/mol. The molecule has 1 aromatic carbocycles. The number of amides is 1. The zero-order valence-corrected chi connectivity index (χ0v) is 14.9. The van der Waals surface area contributed by atoms with Gasteiger partial charge in [-0.05, 0) is 48.0 Å². The van der Waals surface area contributed by atoms with Gasteiger partial charge in [0, 0.05) is 24.6 Å². The first-order valence-corrected chi connectivity index (χ1v) is 8.64. The molecule has 0 radical (unpaired) electrons. The van der Waals surface area contributed by atoms with Crippen LogP contribution in [0.25, 0.3) is 0 Å². The zero-order valence-electron chi connectivity index (χ0n) is 12.5. The third-order valence-corrected chi connectivity index (χ3v) is 5.48. The molecule has 1 rings (SSSR count). The molecule has 1 aromatic rings. The SMILES string of the molecule is CCN(CC)C(=O)c1cc(S(=O)(=O)N(C)OC)ccc1Br. The number of benzene rings is 1. The Morgan fingerprint density at radius 2 is 1.86 bits per heavy atom. The Hall–Kier alpha value is -0.960. The highest BCUT2D eigenvalue weighted by Gasteiger charge is 2.24. The van der Waals surface area contributed by atoms with Crippen LogP contribution in [0.5, 0.6) is 0 Å². The van der Waals surface area contributed by atoms with Crippen molar-refractivity contribution in [2.24, 2.45) is 0 Å². The molecule has 0 saturated heterocycles. The average Bonchev–Trinajstić information content (AvgIpc) is 2.47. The highest BCUT2D eigenvalue weighted by molar-refractivity contribution is 9.10. The number of halogens is 1. The molecular formula is C13H19BrN2O4S. The van der Waals surface area contributed by atoms with Gasteiger partial charge in [0.05, 0.1) is 17.6 Å². The molecule has 0 saturated carbocycles. The van der Waals surface area contributed by atoms with E-state index in [1.165, 1.54) is 26.3 Å². The number of hydrogen-bond donors (Lipinski definition) is 0. The molecule has 1 amide bonds. The van der Waals surface area contributed by atoms with E-state index >= 15 is 0 Å². The molecule has 0 bridgehead atoms. The largest absolute Gasteiger partial charge is 0.339 e. The van der Waals surface area contributed by atoms with Crippen molar-refractivity contribution >= 4 is 31.9 Å². The van der Waals surface area contributed by atoms with Gasteiger partial charge in [0.2, 0.25) is 0 Å². The first-order valence-electron chi connectivity index (χ1n) is 6.41. The third-order valence-electron chi connectivity index (χ3n) is 3.11. The van der Waals surface area contributed by atoms with E-state index < -0.39 is 10.0 Å². The Labute approximate surface area is 133 Å². The number of sulfonamides is 1. The molecule has 0 spiro atoms. The molecule has 0 aromatic heterocycles. The Kier molecular flexibility index (Phi) is 6.33. The average molecular weight is 379 g/mol. The summed E-state index contributed by atoms with van der Waals surface area (Å²) in [6.07, 6.45) is 0. The van der Waals surface area contributed by atoms with Crippen LogP contribution in [0.3, 0.4) is 0 Å². The molecule has 21 heavy (non-hydrogen) atoms. The molecule has 6 nitrogen and oxygen atoms in total. The van der Waals surface area contributed by atoms with Gasteiger partial charge in [0.15, 0.2) is 0 Å². The molecule has 118 valence electrons. The van der Waals surface area contributed by atoms with E-state index in [9.17, 15) is 13.2 Å². The van der Waals surface area contributed by atoms with Gasteiger partial charge in [0.25, 0.3) is 15.9 Å². The van der Waals surface area contributed by atoms with Gasteiger partial charge in [-0.15, -0.1) is 0 Å². The summed E-state index contributed by atoms with van der Waals surface area (Å²) in [6.45, 7) is 4.84. The highest BCUT2D eigenvalue weighted by atomic mass is 79.9. The van der Waals surface area contributed by atoms with E-state index in [2.05, 4.69) is 15.9 Å². The minimum absolute atomic E-state index is 0.00514. The minimum Gasteiger partial charge on any atom is -0.339 e. The standard InChI is InChI=1S/C13H19BrN2O4S/c1-5-16(6-2)13(17)11-9-10(7-8-12(11)14)21(18,19)15(3)20-4/h7-9H,5-6H2,1-4H3. The van der Waals surface area contributed by atoms with E-state index in [1.54, 1.807) is 11.0 Å². The molecule has 0 atom stereocenters. The number of carbonyl (C=O) groups excluding carboxylic acids is 1. The quantitative estimate of drug-likeness (QED) is 0.711. The third kappa shape index (κ3) is 3.82. The van der Waals surface area contributed by atoms with Crippen LogP contribution in [-0.4, -0.2) is 50.9 Å². The lowest BCUT2D eigenvalue weighted by Crippen LogP contribution is -2.31. The molecule has 8 heteroatoms. The summed E-state index contributed by atoms with van der Waals surface area (Å²) >= 11 is 3.29. The smallest absolute Gasteiger partial charge is 0.264 e. The number of nitrogens with zero attached hydrogens (tertiary/aromatic N) is 2. The Balaban J connectivity index is 3.32. The van der Waals surface area contributed by atoms with Gasteiger partial charge < -0.3 is 4.90 Å². The van der Waals surface area contributed by atoms with Crippen molar-refractivity contribution in [2.45, 2.75) is 18.7 Å². The van der Waals surface area contributed by atoms with Crippen LogP contribution in [0.15, 0.2) is 27.6 Å². The number of rotatable bonds is 6. The van der Waals surface area contributed by atoms with Crippen molar-refractivity contribution in [2.75, 3.05) is 27.2 Å². The number of hydroxylamine groups is 1. The lowest BCUT2D eigenvalue weighted by Gasteiger charge is -2.20. The van der Waals surface area contributed by atoms with E-state index in [0.717, 1.165) is 4.47 Å². The summed E-state index contributed by atoms with van der Waals surface area (Å²) in [7, 11) is -1.22. The van der Waals surface area contributed by atoms with Crippen LogP contribution >= 0.6 is 15.9 Å². The van der Waals surface area contributed by atoms with Crippen molar-refractivity contribution in [1.29, 1.82) is 0 Å². The van der Waals surface area contributed by atoms with E-state index in [1.807, 2.05) is 13.8 Å². The monoisotopic (exact) mass is 378 g/mol. The van der Waals surface area contributed by atoms with Crippen LogP contribution in [0.2, 0.25) is 0 Å². The van der Waals surface area contributed by atoms with Crippen LogP contribution in [0.1, 0.15) is 24.2 Å². The minimum atomic E-state index is -3.78. The maximum atomic E-state index is 12.4. The first kappa shape index (κ1) is 18.1. The topological polar surface area (TPSA) is 66.9 Å². The summed E-state index contributed by atoms with van der Waals surface area (Å²) in [5, 5.41) is 0. The van der Waals surface area contributed by atoms with Gasteiger partial charge in [-0.3, -0.25) is 9.63 Å². The summed E-state index contributed by atoms with van der Waals surface area (Å²) in [6, 6.07) is 4.33. The molecule has 0 heterocycles. The summed E-state index contributed by atoms with van der Waals surface area (Å²) < 4.78 is 25.7. The van der Waals surface area contributed by atoms with Crippen molar-refractivity contribution in [1.82, 2.24) is 9.37 Å². The molecule has 0 N–H and O–H groups in total. The van der Waals surface area contributed by atoms with Gasteiger partial charge in [0.1, 0.15) is 0 Å². The maximum absolute atomic E-state index is 12.4. The summed E-state index contributed by atoms with van der Waals surface area (Å²) in [4.78, 5) is 18.8. The molecular weight excluding hydrogens is 360 g/mol. The second-order valence-electron chi connectivity index (χ2n) is 4.22. The van der Waals surface area contributed by atoms with Crippen LogP contribution in [-0.2, 0) is 14.9 Å². The molecule has 0 unspecified atom stereocenters. The molecule has 0 aliphatic rings. The molecule has 0 aliphatic heterocycles. The van der Waals surface area contributed by atoms with Crippen molar-refractivity contribution in [3.63, 3.8) is 0 Å². The van der Waals surface area contributed by atoms with Crippen LogP contribution in [0.4, 0.5) is 0 Å². The van der Waals surface area contributed by atoms with Gasteiger partial charge in [-0.25, -0.2) is 8.42 Å². The van der Waals surface area contributed by atoms with Gasteiger partial charge in [-0.2, -0.15) is 0 Å². The molecule has 0 aliphatic carbocycles. The number of hydrogen-bond acceptors (Lipinski definition) is 4. The van der Waals surface area contributed by atoms with E-state index in [0.29, 0.717) is 23.1 Å². The Morgan fingerprint density at radius 1 is 1.29 bits per heavy atom. The first-order chi connectivity index (χ1) is 9.79. The van der Waals surface area contributed by atoms with Gasteiger partial charge >= 0.3 is 0 Å². The second-order valence-corrected chi connectivity index (χ2v) is 7.01. The van der Waals surface area contributed by atoms with Crippen molar-refractivity contribution < 1.29 is 18.0 Å². The van der Waals surface area contributed by atoms with Crippen LogP contribution in [0, 0.1) is 0 Å². The Bertz CT molecular complexity index is 615. The Morgan fingerprint density at radius 3 is 2.33 bits per heavy atom. The van der Waals surface area contributed by atoms with Crippen molar-refractivity contribution in [3.05, 3.63) is 28.2 Å². The lowest BCUT2D eigenvalue weighted by molar-refractivity contribution is -0.0258. The lowest BCUT2D eigenvalue weighted by atomic mass is 10.2. The maximum Gasteiger partial charge on any atom is 0.264 e. The van der Waals surface area contributed by atoms with E-state index in [-0.39, 0.29) is 10.8 Å². The van der Waals surface area contributed by atoms with Gasteiger partial charge in [-0.1, -0.05) is 4.47 Å². The second kappa shape index (κ2) is 7.35. The number of carbonyl (C=O) groups is 1. The normalized spacial score (nSPS) is 11.7.